The summed E-state index contributed by atoms with van der Waals surface area (Å²) in [4.78, 5) is 21.3. The van der Waals surface area contributed by atoms with Crippen molar-refractivity contribution in [1.29, 1.82) is 0 Å². The zero-order valence-corrected chi connectivity index (χ0v) is 19.1. The van der Waals surface area contributed by atoms with Crippen LogP contribution in [0.5, 0.6) is 5.75 Å². The Bertz CT molecular complexity index is 1040. The molecule has 0 N–H and O–H groups in total. The number of benzene rings is 2. The number of rotatable bonds is 7. The number of methoxy groups -OCH3 is 1. The summed E-state index contributed by atoms with van der Waals surface area (Å²) in [6, 6.07) is 11.8. The molecule has 1 unspecified atom stereocenters. The van der Waals surface area contributed by atoms with E-state index < -0.39 is 0 Å². The monoisotopic (exact) mass is 442 g/mol. The number of anilines is 1. The van der Waals surface area contributed by atoms with Gasteiger partial charge in [0.05, 0.1) is 24.5 Å². The van der Waals surface area contributed by atoms with E-state index in [1.165, 1.54) is 11.3 Å². The van der Waals surface area contributed by atoms with Crippen LogP contribution < -0.4 is 9.64 Å². The lowest BCUT2D eigenvalue weighted by Gasteiger charge is -2.23. The predicted octanol–water partition coefficient (Wildman–Crippen LogP) is 5.55. The standard InChI is InChI=1S/C23H26N2O3S2/c1-4-29-18-9-5-7-16(13-18)22(26)25(14-17-8-6-12-28-17)23-24-20-19(27-3)11-10-15(2)21(20)30-23/h5,7,9-11,13,17H,4,6,8,12,14H2,1-3H3. The summed E-state index contributed by atoms with van der Waals surface area (Å²) in [6.45, 7) is 5.43. The molecular weight excluding hydrogens is 416 g/mol. The highest BCUT2D eigenvalue weighted by Crippen LogP contribution is 2.37. The Labute approximate surface area is 185 Å². The Morgan fingerprint density at radius 3 is 2.97 bits per heavy atom. The van der Waals surface area contributed by atoms with Crippen molar-refractivity contribution in [3.05, 3.63) is 47.5 Å². The fourth-order valence-electron chi connectivity index (χ4n) is 3.66. The molecule has 0 bridgehead atoms. The third-order valence-electron chi connectivity index (χ3n) is 5.19. The summed E-state index contributed by atoms with van der Waals surface area (Å²) in [7, 11) is 1.65. The first-order valence-electron chi connectivity index (χ1n) is 10.2. The van der Waals surface area contributed by atoms with Crippen molar-refractivity contribution in [2.45, 2.75) is 37.7 Å². The molecule has 0 spiro atoms. The molecule has 0 radical (unpaired) electrons. The quantitative estimate of drug-likeness (QED) is 0.449. The number of thiazole rings is 1. The average Bonchev–Trinajstić information content (AvgIpc) is 3.43. The van der Waals surface area contributed by atoms with Crippen molar-refractivity contribution in [2.75, 3.05) is 30.9 Å². The molecule has 1 aliphatic heterocycles. The summed E-state index contributed by atoms with van der Waals surface area (Å²) < 4.78 is 12.4. The summed E-state index contributed by atoms with van der Waals surface area (Å²) in [6.07, 6.45) is 2.03. The smallest absolute Gasteiger partial charge is 0.260 e. The third kappa shape index (κ3) is 4.33. The lowest BCUT2D eigenvalue weighted by atomic mass is 10.2. The maximum atomic E-state index is 13.6. The first kappa shape index (κ1) is 21.2. The topological polar surface area (TPSA) is 51.7 Å². The maximum Gasteiger partial charge on any atom is 0.260 e. The molecule has 3 aromatic rings. The highest BCUT2D eigenvalue weighted by Gasteiger charge is 2.28. The first-order valence-corrected chi connectivity index (χ1v) is 12.0. The fraction of sp³-hybridized carbons (Fsp3) is 0.391. The maximum absolute atomic E-state index is 13.6. The molecule has 1 amide bonds. The van der Waals surface area contributed by atoms with E-state index >= 15 is 0 Å². The molecule has 1 saturated heterocycles. The van der Waals surface area contributed by atoms with Crippen molar-refractivity contribution in [3.8, 4) is 5.75 Å². The van der Waals surface area contributed by atoms with Crippen molar-refractivity contribution in [2.24, 2.45) is 0 Å². The number of amides is 1. The lowest BCUT2D eigenvalue weighted by Crippen LogP contribution is -2.37. The van der Waals surface area contributed by atoms with Gasteiger partial charge >= 0.3 is 0 Å². The molecule has 2 aromatic carbocycles. The number of hydrogen-bond acceptors (Lipinski definition) is 6. The fourth-order valence-corrected chi connectivity index (χ4v) is 5.44. The number of hydrogen-bond donors (Lipinski definition) is 0. The summed E-state index contributed by atoms with van der Waals surface area (Å²) in [5, 5.41) is 0.687. The van der Waals surface area contributed by atoms with Crippen LogP contribution in [-0.2, 0) is 4.74 Å². The molecule has 1 aliphatic rings. The number of thioether (sulfide) groups is 1. The van der Waals surface area contributed by atoms with Gasteiger partial charge in [-0.1, -0.05) is 30.4 Å². The Balaban J connectivity index is 1.74. The van der Waals surface area contributed by atoms with Gasteiger partial charge in [-0.25, -0.2) is 4.98 Å². The third-order valence-corrected chi connectivity index (χ3v) is 7.28. The molecule has 5 nitrogen and oxygen atoms in total. The van der Waals surface area contributed by atoms with Crippen molar-refractivity contribution in [1.82, 2.24) is 4.98 Å². The van der Waals surface area contributed by atoms with Gasteiger partial charge in [0.2, 0.25) is 0 Å². The number of aromatic nitrogens is 1. The Hall–Kier alpha value is -2.09. The van der Waals surface area contributed by atoms with E-state index in [9.17, 15) is 4.79 Å². The normalized spacial score (nSPS) is 16.2. The zero-order chi connectivity index (χ0) is 21.1. The average molecular weight is 443 g/mol. The minimum absolute atomic E-state index is 0.0390. The van der Waals surface area contributed by atoms with Crippen LogP contribution in [0.25, 0.3) is 10.2 Å². The molecule has 158 valence electrons. The van der Waals surface area contributed by atoms with Gasteiger partial charge in [-0.05, 0) is 55.3 Å². The molecule has 1 atom stereocenters. The molecule has 1 aromatic heterocycles. The minimum Gasteiger partial charge on any atom is -0.494 e. The van der Waals surface area contributed by atoms with Crippen LogP contribution >= 0.6 is 23.1 Å². The Kier molecular flexibility index (Phi) is 6.61. The molecule has 0 aliphatic carbocycles. The van der Waals surface area contributed by atoms with E-state index in [2.05, 4.69) is 13.8 Å². The van der Waals surface area contributed by atoms with Crippen LogP contribution in [0.4, 0.5) is 5.13 Å². The Morgan fingerprint density at radius 2 is 2.23 bits per heavy atom. The Morgan fingerprint density at radius 1 is 1.37 bits per heavy atom. The summed E-state index contributed by atoms with van der Waals surface area (Å²) >= 11 is 3.27. The van der Waals surface area contributed by atoms with Crippen LogP contribution in [0.2, 0.25) is 0 Å². The SMILES string of the molecule is CCSc1cccc(C(=O)N(CC2CCCO2)c2nc3c(OC)ccc(C)c3s2)c1. The van der Waals surface area contributed by atoms with Gasteiger partial charge in [-0.15, -0.1) is 11.8 Å². The van der Waals surface area contributed by atoms with Crippen molar-refractivity contribution < 1.29 is 14.3 Å². The van der Waals surface area contributed by atoms with E-state index in [1.807, 2.05) is 36.4 Å². The molecular formula is C23H26N2O3S2. The number of carbonyl (C=O) groups excluding carboxylic acids is 1. The molecule has 0 saturated carbocycles. The lowest BCUT2D eigenvalue weighted by molar-refractivity contribution is 0.0917. The molecule has 2 heterocycles. The van der Waals surface area contributed by atoms with Gasteiger partial charge in [-0.2, -0.15) is 0 Å². The number of fused-ring (bicyclic) bond motifs is 1. The second-order valence-corrected chi connectivity index (χ2v) is 9.59. The molecule has 30 heavy (non-hydrogen) atoms. The first-order chi connectivity index (χ1) is 14.6. The van der Waals surface area contributed by atoms with Gasteiger partial charge in [-0.3, -0.25) is 9.69 Å². The van der Waals surface area contributed by atoms with Gasteiger partial charge in [0, 0.05) is 17.1 Å². The molecule has 7 heteroatoms. The molecule has 4 rings (SSSR count). The van der Waals surface area contributed by atoms with Gasteiger partial charge in [0.15, 0.2) is 5.13 Å². The number of carbonyl (C=O) groups is 1. The van der Waals surface area contributed by atoms with Crippen LogP contribution in [0.3, 0.4) is 0 Å². The van der Waals surface area contributed by atoms with Crippen LogP contribution in [-0.4, -0.2) is 43.0 Å². The van der Waals surface area contributed by atoms with E-state index in [0.717, 1.165) is 51.6 Å². The highest BCUT2D eigenvalue weighted by molar-refractivity contribution is 7.99. The zero-order valence-electron chi connectivity index (χ0n) is 17.5. The number of nitrogens with zero attached hydrogens (tertiary/aromatic N) is 2. The number of ether oxygens (including phenoxy) is 2. The molecule has 1 fully saturated rings. The van der Waals surface area contributed by atoms with Crippen LogP contribution in [0.1, 0.15) is 35.7 Å². The second kappa shape index (κ2) is 9.37. The second-order valence-electron chi connectivity index (χ2n) is 7.27. The van der Waals surface area contributed by atoms with E-state index in [0.29, 0.717) is 17.2 Å². The highest BCUT2D eigenvalue weighted by atomic mass is 32.2. The minimum atomic E-state index is -0.0419. The summed E-state index contributed by atoms with van der Waals surface area (Å²) in [5.74, 6) is 1.65. The van der Waals surface area contributed by atoms with Crippen molar-refractivity contribution >= 4 is 44.4 Å². The van der Waals surface area contributed by atoms with Crippen molar-refractivity contribution in [3.63, 3.8) is 0 Å². The van der Waals surface area contributed by atoms with E-state index in [4.69, 9.17) is 14.5 Å². The number of aryl methyl sites for hydroxylation is 1. The van der Waals surface area contributed by atoms with E-state index in [1.54, 1.807) is 23.8 Å². The predicted molar refractivity (Wildman–Crippen MR) is 124 cm³/mol. The van der Waals surface area contributed by atoms with E-state index in [-0.39, 0.29) is 12.0 Å². The van der Waals surface area contributed by atoms with Gasteiger partial charge in [0.1, 0.15) is 11.3 Å². The largest absolute Gasteiger partial charge is 0.494 e. The van der Waals surface area contributed by atoms with Crippen LogP contribution in [0.15, 0.2) is 41.3 Å². The van der Waals surface area contributed by atoms with Gasteiger partial charge in [0.25, 0.3) is 5.91 Å². The van der Waals surface area contributed by atoms with Crippen LogP contribution in [0, 0.1) is 6.92 Å². The van der Waals surface area contributed by atoms with Gasteiger partial charge < -0.3 is 9.47 Å². The summed E-state index contributed by atoms with van der Waals surface area (Å²) in [5.41, 5.74) is 2.60.